The summed E-state index contributed by atoms with van der Waals surface area (Å²) in [5, 5.41) is 1.13. The van der Waals surface area contributed by atoms with Crippen LogP contribution in [-0.2, 0) is 19.5 Å². The Labute approximate surface area is 78.3 Å². The van der Waals surface area contributed by atoms with Crippen molar-refractivity contribution in [1.82, 2.24) is 0 Å². The van der Waals surface area contributed by atoms with Gasteiger partial charge in [0.05, 0.1) is 8.07 Å². The van der Waals surface area contributed by atoms with Crippen molar-refractivity contribution >= 4 is 8.07 Å². The summed E-state index contributed by atoms with van der Waals surface area (Å²) in [6.45, 7) is 14.3. The average Bonchev–Trinajstić information content (AvgIpc) is 1.31. The standard InChI is InChI=1S/C6H13Si.ClH.Zn/c1-6(2)7(3,4)5;;/h1-2H2,3-5H3;1H;/p-1. The fourth-order valence-electron chi connectivity index (χ4n) is 0. The van der Waals surface area contributed by atoms with Gasteiger partial charge in [0.2, 0.25) is 0 Å². The smallest absolute Gasteiger partial charge is 0.0716 e. The molecule has 9 heavy (non-hydrogen) atoms. The van der Waals surface area contributed by atoms with Gasteiger partial charge in [-0.3, -0.25) is 0 Å². The van der Waals surface area contributed by atoms with Crippen LogP contribution in [0.25, 0.3) is 0 Å². The predicted molar refractivity (Wildman–Crippen MR) is 37.8 cm³/mol. The van der Waals surface area contributed by atoms with Crippen LogP contribution in [0.2, 0.25) is 19.6 Å². The molecular formula is C6H13ClSiZn-. The van der Waals surface area contributed by atoms with Gasteiger partial charge in [0.15, 0.2) is 0 Å². The molecule has 0 bridgehead atoms. The number of rotatable bonds is 1. The van der Waals surface area contributed by atoms with E-state index < -0.39 is 8.07 Å². The van der Waals surface area contributed by atoms with Crippen LogP contribution < -0.4 is 12.4 Å². The molecule has 0 aliphatic heterocycles. The minimum absolute atomic E-state index is 0. The van der Waals surface area contributed by atoms with Crippen molar-refractivity contribution < 1.29 is 31.9 Å². The van der Waals surface area contributed by atoms with Crippen LogP contribution >= 0.6 is 0 Å². The van der Waals surface area contributed by atoms with Crippen molar-refractivity contribution in [3.63, 3.8) is 0 Å². The number of halogens is 1. The molecule has 0 aliphatic carbocycles. The summed E-state index contributed by atoms with van der Waals surface area (Å²) in [5.74, 6) is 0. The van der Waals surface area contributed by atoms with Crippen molar-refractivity contribution in [3.8, 4) is 0 Å². The molecule has 0 saturated heterocycles. The molecule has 0 heterocycles. The zero-order chi connectivity index (χ0) is 6.08. The zero-order valence-electron chi connectivity index (χ0n) is 6.50. The Morgan fingerprint density at radius 3 is 1.33 bits per heavy atom. The molecule has 0 aromatic rings. The monoisotopic (exact) mass is 212 g/mol. The maximum Gasteiger partial charge on any atom is 0.0716 e. The van der Waals surface area contributed by atoms with E-state index in [1.54, 1.807) is 0 Å². The molecule has 51 valence electrons. The van der Waals surface area contributed by atoms with Crippen LogP contribution in [0, 0.1) is 6.92 Å². The van der Waals surface area contributed by atoms with E-state index in [0.29, 0.717) is 0 Å². The topological polar surface area (TPSA) is 0 Å². The second kappa shape index (κ2) is 5.64. The summed E-state index contributed by atoms with van der Waals surface area (Å²) in [4.78, 5) is 0. The van der Waals surface area contributed by atoms with E-state index >= 15 is 0 Å². The summed E-state index contributed by atoms with van der Waals surface area (Å²) in [6.07, 6.45) is 0. The molecular weight excluding hydrogens is 201 g/mol. The number of hydrogen-bond donors (Lipinski definition) is 0. The van der Waals surface area contributed by atoms with Gasteiger partial charge in [-0.25, -0.2) is 0 Å². The van der Waals surface area contributed by atoms with E-state index in [1.165, 1.54) is 0 Å². The first-order valence-corrected chi connectivity index (χ1v) is 5.96. The van der Waals surface area contributed by atoms with Crippen LogP contribution in [0.5, 0.6) is 0 Å². The van der Waals surface area contributed by atoms with Gasteiger partial charge in [-0.2, -0.15) is 0 Å². The maximum atomic E-state index is 3.78. The summed E-state index contributed by atoms with van der Waals surface area (Å²) in [7, 11) is -1.04. The number of hydrogen-bond acceptors (Lipinski definition) is 0. The van der Waals surface area contributed by atoms with Gasteiger partial charge in [-0.1, -0.05) is 24.8 Å². The summed E-state index contributed by atoms with van der Waals surface area (Å²) in [6, 6.07) is 0. The van der Waals surface area contributed by atoms with Gasteiger partial charge in [0.25, 0.3) is 0 Å². The Kier molecular flexibility index (Phi) is 10.3. The van der Waals surface area contributed by atoms with Crippen LogP contribution in [-0.4, -0.2) is 8.07 Å². The van der Waals surface area contributed by atoms with Gasteiger partial charge in [-0.05, 0) is 6.92 Å². The molecule has 0 amide bonds. The van der Waals surface area contributed by atoms with Crippen molar-refractivity contribution in [2.45, 2.75) is 19.6 Å². The van der Waals surface area contributed by atoms with Gasteiger partial charge in [0, 0.05) is 19.5 Å². The van der Waals surface area contributed by atoms with E-state index in [0.717, 1.165) is 5.20 Å². The molecule has 0 spiro atoms. The fourth-order valence-corrected chi connectivity index (χ4v) is 0. The quantitative estimate of drug-likeness (QED) is 0.504. The third-order valence-corrected chi connectivity index (χ3v) is 3.18. The number of allylic oxidation sites excluding steroid dienone is 1. The van der Waals surface area contributed by atoms with Crippen molar-refractivity contribution in [2.75, 3.05) is 0 Å². The van der Waals surface area contributed by atoms with Crippen molar-refractivity contribution in [1.29, 1.82) is 0 Å². The molecule has 0 aromatic carbocycles. The zero-order valence-corrected chi connectivity index (χ0v) is 11.2. The van der Waals surface area contributed by atoms with Crippen LogP contribution in [0.15, 0.2) is 11.8 Å². The second-order valence-corrected chi connectivity index (χ2v) is 8.06. The normalized spacial score (nSPS) is 8.89. The average molecular weight is 214 g/mol. The Hall–Kier alpha value is 0.870. The third kappa shape index (κ3) is 8.87. The minimum Gasteiger partial charge on any atom is -1.00 e. The molecule has 0 atom stereocenters. The van der Waals surface area contributed by atoms with E-state index in [2.05, 4.69) is 33.1 Å². The van der Waals surface area contributed by atoms with Crippen LogP contribution in [0.3, 0.4) is 0 Å². The third-order valence-electron chi connectivity index (χ3n) is 1.06. The molecule has 0 rings (SSSR count). The predicted octanol–water partition coefficient (Wildman–Crippen LogP) is -0.744. The Morgan fingerprint density at radius 1 is 1.22 bits per heavy atom. The van der Waals surface area contributed by atoms with Crippen molar-refractivity contribution in [3.05, 3.63) is 18.7 Å². The Morgan fingerprint density at radius 2 is 1.33 bits per heavy atom. The molecule has 0 unspecified atom stereocenters. The maximum absolute atomic E-state index is 3.78. The van der Waals surface area contributed by atoms with Gasteiger partial charge >= 0.3 is 0 Å². The van der Waals surface area contributed by atoms with Gasteiger partial charge < -0.3 is 12.4 Å². The second-order valence-electron chi connectivity index (χ2n) is 2.85. The van der Waals surface area contributed by atoms with E-state index in [-0.39, 0.29) is 31.9 Å². The summed E-state index contributed by atoms with van der Waals surface area (Å²) in [5.41, 5.74) is 0. The molecule has 0 N–H and O–H groups in total. The molecule has 0 aliphatic rings. The summed E-state index contributed by atoms with van der Waals surface area (Å²) < 4.78 is 0. The van der Waals surface area contributed by atoms with E-state index in [4.69, 9.17) is 0 Å². The van der Waals surface area contributed by atoms with Crippen LogP contribution in [0.4, 0.5) is 0 Å². The first-order chi connectivity index (χ1) is 2.94. The Balaban J connectivity index is -0.000000180. The van der Waals surface area contributed by atoms with Gasteiger partial charge in [0.1, 0.15) is 0 Å². The first kappa shape index (κ1) is 16.5. The molecule has 0 aromatic heterocycles. The van der Waals surface area contributed by atoms with Crippen molar-refractivity contribution in [2.24, 2.45) is 0 Å². The Bertz CT molecular complexity index is 85.5. The SMILES string of the molecule is [CH2]C(=C)[Si](C)(C)C.[Cl-].[Zn]. The van der Waals surface area contributed by atoms with E-state index in [9.17, 15) is 0 Å². The molecule has 0 nitrogen and oxygen atoms in total. The molecule has 3 heteroatoms. The van der Waals surface area contributed by atoms with Gasteiger partial charge in [-0.15, -0.1) is 6.58 Å². The minimum atomic E-state index is -1.04. The van der Waals surface area contributed by atoms with Crippen LogP contribution in [0.1, 0.15) is 0 Å². The largest absolute Gasteiger partial charge is 1.00 e. The fraction of sp³-hybridized carbons (Fsp3) is 0.500. The molecule has 1 radical (unpaired) electrons. The van der Waals surface area contributed by atoms with E-state index in [1.807, 2.05) is 0 Å². The molecule has 0 saturated carbocycles. The molecule has 0 fully saturated rings. The first-order valence-electron chi connectivity index (χ1n) is 2.46. The summed E-state index contributed by atoms with van der Waals surface area (Å²) >= 11 is 0.